The summed E-state index contributed by atoms with van der Waals surface area (Å²) in [6.45, 7) is 0.529. The van der Waals surface area contributed by atoms with E-state index in [1.807, 2.05) is 0 Å². The quantitative estimate of drug-likeness (QED) is 0.672. The largest absolute Gasteiger partial charge is 0.379 e. The molecular formula is C11H12BrN5O2. The molecule has 0 spiro atoms. The van der Waals surface area contributed by atoms with Gasteiger partial charge >= 0.3 is 0 Å². The minimum atomic E-state index is -0.409. The fraction of sp³-hybridized carbons (Fsp3) is 0.273. The Morgan fingerprint density at radius 3 is 2.95 bits per heavy atom. The smallest absolute Gasteiger partial charge is 0.292 e. The fourth-order valence-electron chi connectivity index (χ4n) is 1.62. The highest BCUT2D eigenvalue weighted by atomic mass is 79.9. The summed E-state index contributed by atoms with van der Waals surface area (Å²) >= 11 is 3.29. The molecule has 1 aromatic carbocycles. The first kappa shape index (κ1) is 13.5. The molecule has 0 saturated heterocycles. The lowest BCUT2D eigenvalue weighted by atomic mass is 10.2. The predicted molar refractivity (Wildman–Crippen MR) is 74.0 cm³/mol. The zero-order chi connectivity index (χ0) is 13.8. The van der Waals surface area contributed by atoms with E-state index < -0.39 is 4.92 Å². The third-order valence-corrected chi connectivity index (χ3v) is 2.96. The summed E-state index contributed by atoms with van der Waals surface area (Å²) in [7, 11) is 1.79. The van der Waals surface area contributed by atoms with Crippen LogP contribution < -0.4 is 5.32 Å². The Morgan fingerprint density at radius 2 is 2.32 bits per heavy atom. The lowest BCUT2D eigenvalue weighted by Gasteiger charge is -2.06. The molecule has 1 N–H and O–H groups in total. The van der Waals surface area contributed by atoms with Crippen LogP contribution in [0.1, 0.15) is 5.82 Å². The molecule has 8 heteroatoms. The number of halogens is 1. The van der Waals surface area contributed by atoms with Crippen LogP contribution in [0.3, 0.4) is 0 Å². The first-order valence-electron chi connectivity index (χ1n) is 5.58. The van der Waals surface area contributed by atoms with Crippen LogP contribution in [0.15, 0.2) is 29.0 Å². The summed E-state index contributed by atoms with van der Waals surface area (Å²) in [5.41, 5.74) is 0.535. The van der Waals surface area contributed by atoms with E-state index in [-0.39, 0.29) is 5.69 Å². The molecule has 0 fully saturated rings. The molecule has 0 saturated carbocycles. The Bertz CT molecular complexity index is 599. The van der Waals surface area contributed by atoms with Crippen molar-refractivity contribution in [3.05, 3.63) is 44.9 Å². The number of nitrogens with one attached hydrogen (secondary N) is 1. The average Bonchev–Trinajstić information content (AvgIpc) is 2.75. The molecule has 0 unspecified atom stereocenters. The monoisotopic (exact) mass is 325 g/mol. The van der Waals surface area contributed by atoms with Gasteiger partial charge in [-0.3, -0.25) is 14.8 Å². The van der Waals surface area contributed by atoms with E-state index in [4.69, 9.17) is 0 Å². The minimum Gasteiger partial charge on any atom is -0.379 e. The fourth-order valence-corrected chi connectivity index (χ4v) is 1.98. The molecule has 100 valence electrons. The molecule has 1 aromatic heterocycles. The van der Waals surface area contributed by atoms with E-state index in [2.05, 4.69) is 31.3 Å². The standard InChI is InChI=1S/C11H12BrN5O2/c1-16-7-14-11(15-16)4-5-13-9-6-8(12)2-3-10(9)17(18)19/h2-3,6-7,13H,4-5H2,1H3. The van der Waals surface area contributed by atoms with Crippen LogP contribution in [0.5, 0.6) is 0 Å². The number of aromatic nitrogens is 3. The van der Waals surface area contributed by atoms with Crippen molar-refractivity contribution < 1.29 is 4.92 Å². The second kappa shape index (κ2) is 5.79. The SMILES string of the molecule is Cn1cnc(CCNc2cc(Br)ccc2[N+](=O)[O-])n1. The van der Waals surface area contributed by atoms with E-state index in [1.165, 1.54) is 6.07 Å². The van der Waals surface area contributed by atoms with Crippen molar-refractivity contribution in [3.63, 3.8) is 0 Å². The summed E-state index contributed by atoms with van der Waals surface area (Å²) in [5, 5.41) is 18.1. The molecule has 0 aliphatic carbocycles. The molecule has 1 heterocycles. The number of anilines is 1. The molecule has 0 bridgehead atoms. The van der Waals surface area contributed by atoms with Crippen molar-refractivity contribution in [3.8, 4) is 0 Å². The summed E-state index contributed by atoms with van der Waals surface area (Å²) in [4.78, 5) is 14.6. The molecule has 0 aliphatic rings. The highest BCUT2D eigenvalue weighted by Gasteiger charge is 2.13. The van der Waals surface area contributed by atoms with E-state index in [1.54, 1.807) is 30.2 Å². The highest BCUT2D eigenvalue weighted by Crippen LogP contribution is 2.27. The van der Waals surface area contributed by atoms with Gasteiger partial charge in [-0.05, 0) is 12.1 Å². The number of hydrogen-bond donors (Lipinski definition) is 1. The normalized spacial score (nSPS) is 10.4. The second-order valence-electron chi connectivity index (χ2n) is 3.93. The molecule has 19 heavy (non-hydrogen) atoms. The number of nitro groups is 1. The summed E-state index contributed by atoms with van der Waals surface area (Å²) in [5.74, 6) is 0.702. The van der Waals surface area contributed by atoms with Gasteiger partial charge in [-0.2, -0.15) is 5.10 Å². The first-order valence-corrected chi connectivity index (χ1v) is 6.38. The summed E-state index contributed by atoms with van der Waals surface area (Å²) < 4.78 is 2.41. The van der Waals surface area contributed by atoms with Crippen molar-refractivity contribution >= 4 is 27.3 Å². The Kier molecular flexibility index (Phi) is 4.10. The number of benzene rings is 1. The van der Waals surface area contributed by atoms with Gasteiger partial charge in [0.2, 0.25) is 0 Å². The number of rotatable bonds is 5. The van der Waals surface area contributed by atoms with Crippen LogP contribution in [0, 0.1) is 10.1 Å². The van der Waals surface area contributed by atoms with Crippen molar-refractivity contribution in [2.24, 2.45) is 7.05 Å². The van der Waals surface area contributed by atoms with Gasteiger partial charge in [0.1, 0.15) is 12.0 Å². The molecule has 2 rings (SSSR count). The number of nitro benzene ring substituents is 1. The zero-order valence-electron chi connectivity index (χ0n) is 10.2. The Labute approximate surface area is 117 Å². The number of aryl methyl sites for hydroxylation is 1. The maximum absolute atomic E-state index is 10.9. The van der Waals surface area contributed by atoms with Gasteiger partial charge in [0.05, 0.1) is 4.92 Å². The maximum atomic E-state index is 10.9. The molecule has 0 amide bonds. The molecule has 0 radical (unpaired) electrons. The third kappa shape index (κ3) is 3.50. The van der Waals surface area contributed by atoms with Gasteiger partial charge < -0.3 is 5.32 Å². The minimum absolute atomic E-state index is 0.0529. The van der Waals surface area contributed by atoms with Crippen molar-refractivity contribution in [1.82, 2.24) is 14.8 Å². The lowest BCUT2D eigenvalue weighted by Crippen LogP contribution is -2.08. The number of nitrogens with zero attached hydrogens (tertiary/aromatic N) is 4. The van der Waals surface area contributed by atoms with Gasteiger partial charge in [-0.1, -0.05) is 15.9 Å². The van der Waals surface area contributed by atoms with Gasteiger partial charge in [0, 0.05) is 30.6 Å². The van der Waals surface area contributed by atoms with E-state index >= 15 is 0 Å². The van der Waals surface area contributed by atoms with E-state index in [0.717, 1.165) is 4.47 Å². The average molecular weight is 326 g/mol. The Morgan fingerprint density at radius 1 is 1.53 bits per heavy atom. The lowest BCUT2D eigenvalue weighted by molar-refractivity contribution is -0.384. The topological polar surface area (TPSA) is 85.9 Å². The van der Waals surface area contributed by atoms with Crippen LogP contribution >= 0.6 is 15.9 Å². The first-order chi connectivity index (χ1) is 9.06. The molecule has 0 aliphatic heterocycles. The maximum Gasteiger partial charge on any atom is 0.292 e. The number of hydrogen-bond acceptors (Lipinski definition) is 5. The van der Waals surface area contributed by atoms with Crippen LogP contribution in [0.2, 0.25) is 0 Å². The van der Waals surface area contributed by atoms with Crippen molar-refractivity contribution in [1.29, 1.82) is 0 Å². The summed E-state index contributed by atoms with van der Waals surface area (Å²) in [6, 6.07) is 4.79. The Balaban J connectivity index is 2.02. The van der Waals surface area contributed by atoms with Gasteiger partial charge in [0.15, 0.2) is 5.82 Å². The molecule has 0 atom stereocenters. The summed E-state index contributed by atoms with van der Waals surface area (Å²) in [6.07, 6.45) is 2.22. The highest BCUT2D eigenvalue weighted by molar-refractivity contribution is 9.10. The zero-order valence-corrected chi connectivity index (χ0v) is 11.8. The third-order valence-electron chi connectivity index (χ3n) is 2.47. The van der Waals surface area contributed by atoms with Crippen molar-refractivity contribution in [2.75, 3.05) is 11.9 Å². The van der Waals surface area contributed by atoms with E-state index in [9.17, 15) is 10.1 Å². The molecule has 2 aromatic rings. The van der Waals surface area contributed by atoms with Crippen LogP contribution in [-0.2, 0) is 13.5 Å². The van der Waals surface area contributed by atoms with Crippen LogP contribution in [0.25, 0.3) is 0 Å². The molecule has 7 nitrogen and oxygen atoms in total. The second-order valence-corrected chi connectivity index (χ2v) is 4.85. The van der Waals surface area contributed by atoms with Crippen LogP contribution in [-0.4, -0.2) is 26.2 Å². The van der Waals surface area contributed by atoms with Gasteiger partial charge in [-0.15, -0.1) is 0 Å². The van der Waals surface area contributed by atoms with Gasteiger partial charge in [0.25, 0.3) is 5.69 Å². The van der Waals surface area contributed by atoms with Crippen LogP contribution in [0.4, 0.5) is 11.4 Å². The van der Waals surface area contributed by atoms with Gasteiger partial charge in [-0.25, -0.2) is 4.98 Å². The Hall–Kier alpha value is -1.96. The predicted octanol–water partition coefficient (Wildman–Crippen LogP) is 2.14. The van der Waals surface area contributed by atoms with Crippen molar-refractivity contribution in [2.45, 2.75) is 6.42 Å². The van der Waals surface area contributed by atoms with E-state index in [0.29, 0.717) is 24.5 Å². The molecular weight excluding hydrogens is 314 g/mol.